The van der Waals surface area contributed by atoms with Crippen molar-refractivity contribution in [1.29, 1.82) is 5.26 Å². The molecule has 2 atom stereocenters. The van der Waals surface area contributed by atoms with Crippen LogP contribution < -0.4 is 0 Å². The van der Waals surface area contributed by atoms with Crippen LogP contribution in [0.1, 0.15) is 32.3 Å². The van der Waals surface area contributed by atoms with Gasteiger partial charge in [0.05, 0.1) is 17.3 Å². The molecule has 0 N–H and O–H groups in total. The van der Waals surface area contributed by atoms with Crippen LogP contribution in [0.15, 0.2) is 40.5 Å². The third-order valence-electron chi connectivity index (χ3n) is 3.55. The summed E-state index contributed by atoms with van der Waals surface area (Å²) >= 11 is 0. The Balaban J connectivity index is 2.52. The highest BCUT2D eigenvalue weighted by Crippen LogP contribution is 2.37. The number of halogens is 1. The molecule has 0 fully saturated rings. The van der Waals surface area contributed by atoms with Gasteiger partial charge >= 0.3 is 0 Å². The highest BCUT2D eigenvalue weighted by molar-refractivity contribution is 5.88. The zero-order valence-corrected chi connectivity index (χ0v) is 10.7. The van der Waals surface area contributed by atoms with Crippen molar-refractivity contribution < 1.29 is 4.39 Å². The molecule has 2 nitrogen and oxygen atoms in total. The smallest absolute Gasteiger partial charge is 0.123 e. The molecule has 0 aliphatic carbocycles. The third kappa shape index (κ3) is 2.06. The van der Waals surface area contributed by atoms with Gasteiger partial charge < -0.3 is 0 Å². The third-order valence-corrected chi connectivity index (χ3v) is 3.55. The topological polar surface area (TPSA) is 36.1 Å². The summed E-state index contributed by atoms with van der Waals surface area (Å²) in [5.74, 6) is -0.117. The van der Waals surface area contributed by atoms with Gasteiger partial charge in [-0.2, -0.15) is 5.26 Å². The van der Waals surface area contributed by atoms with Gasteiger partial charge in [-0.05, 0) is 31.5 Å². The molecule has 1 aliphatic heterocycles. The molecule has 18 heavy (non-hydrogen) atoms. The summed E-state index contributed by atoms with van der Waals surface area (Å²) in [6.07, 6.45) is 0. The first-order chi connectivity index (χ1) is 8.54. The van der Waals surface area contributed by atoms with Crippen LogP contribution in [0.3, 0.4) is 0 Å². The monoisotopic (exact) mass is 242 g/mol. The molecule has 1 aromatic carbocycles. The predicted octanol–water partition coefficient (Wildman–Crippen LogP) is 3.82. The second-order valence-corrected chi connectivity index (χ2v) is 4.68. The minimum atomic E-state index is -0.258. The van der Waals surface area contributed by atoms with E-state index in [1.165, 1.54) is 12.1 Å². The van der Waals surface area contributed by atoms with E-state index in [1.807, 2.05) is 13.8 Å². The van der Waals surface area contributed by atoms with E-state index >= 15 is 0 Å². The average molecular weight is 242 g/mol. The van der Waals surface area contributed by atoms with Gasteiger partial charge in [0, 0.05) is 17.5 Å². The maximum absolute atomic E-state index is 13.0. The summed E-state index contributed by atoms with van der Waals surface area (Å²) in [6.45, 7) is 5.87. The summed E-state index contributed by atoms with van der Waals surface area (Å²) in [6, 6.07) is 8.62. The zero-order valence-electron chi connectivity index (χ0n) is 10.7. The van der Waals surface area contributed by atoms with Gasteiger partial charge in [0.1, 0.15) is 5.82 Å². The number of nitrogens with zero attached hydrogens (tertiary/aromatic N) is 2. The van der Waals surface area contributed by atoms with Gasteiger partial charge in [-0.25, -0.2) is 4.39 Å². The van der Waals surface area contributed by atoms with Crippen LogP contribution in [0.4, 0.5) is 4.39 Å². The zero-order chi connectivity index (χ0) is 13.3. The molecule has 1 aliphatic rings. The van der Waals surface area contributed by atoms with Crippen LogP contribution in [-0.2, 0) is 0 Å². The number of benzene rings is 1. The van der Waals surface area contributed by atoms with Gasteiger partial charge in [-0.1, -0.05) is 19.1 Å². The van der Waals surface area contributed by atoms with Crippen molar-refractivity contribution >= 4 is 5.71 Å². The number of hydrogen-bond donors (Lipinski definition) is 0. The number of hydrogen-bond acceptors (Lipinski definition) is 2. The summed E-state index contributed by atoms with van der Waals surface area (Å²) in [4.78, 5) is 4.41. The average Bonchev–Trinajstić information content (AvgIpc) is 2.35. The van der Waals surface area contributed by atoms with E-state index in [4.69, 9.17) is 0 Å². The molecule has 0 aromatic heterocycles. The van der Waals surface area contributed by atoms with Crippen molar-refractivity contribution in [1.82, 2.24) is 0 Å². The molecule has 1 heterocycles. The highest BCUT2D eigenvalue weighted by Gasteiger charge is 2.30. The highest BCUT2D eigenvalue weighted by atomic mass is 19.1. The first-order valence-corrected chi connectivity index (χ1v) is 5.96. The van der Waals surface area contributed by atoms with E-state index < -0.39 is 0 Å². The minimum absolute atomic E-state index is 0.0203. The molecule has 2 rings (SSSR count). The SMILES string of the molecule is CC1=NC(C)=C(C#N)C(c2ccc(F)cc2)C1C. The first kappa shape index (κ1) is 12.5. The summed E-state index contributed by atoms with van der Waals surface area (Å²) < 4.78 is 13.0. The first-order valence-electron chi connectivity index (χ1n) is 5.96. The van der Waals surface area contributed by atoms with E-state index in [2.05, 4.69) is 18.0 Å². The summed E-state index contributed by atoms with van der Waals surface area (Å²) in [5, 5.41) is 9.30. The second-order valence-electron chi connectivity index (χ2n) is 4.68. The Labute approximate surface area is 106 Å². The van der Waals surface area contributed by atoms with Gasteiger partial charge in [0.15, 0.2) is 0 Å². The fourth-order valence-electron chi connectivity index (χ4n) is 2.42. The van der Waals surface area contributed by atoms with Gasteiger partial charge in [0.2, 0.25) is 0 Å². The standard InChI is InChI=1S/C15H15FN2/c1-9-10(2)18-11(3)14(8-17)15(9)12-4-6-13(16)7-5-12/h4-7,9,15H,1-3H3. The van der Waals surface area contributed by atoms with Crippen molar-refractivity contribution in [2.24, 2.45) is 10.9 Å². The van der Waals surface area contributed by atoms with Crippen molar-refractivity contribution in [3.63, 3.8) is 0 Å². The molecule has 0 saturated carbocycles. The molecular formula is C15H15FN2. The number of nitriles is 1. The molecule has 92 valence electrons. The van der Waals surface area contributed by atoms with E-state index in [0.29, 0.717) is 5.57 Å². The van der Waals surface area contributed by atoms with E-state index in [-0.39, 0.29) is 17.7 Å². The predicted molar refractivity (Wildman–Crippen MR) is 69.7 cm³/mol. The Morgan fingerprint density at radius 3 is 2.39 bits per heavy atom. The van der Waals surface area contributed by atoms with Crippen LogP contribution in [0.25, 0.3) is 0 Å². The largest absolute Gasteiger partial charge is 0.261 e. The lowest BCUT2D eigenvalue weighted by molar-refractivity contribution is 0.616. The molecule has 3 heteroatoms. The molecule has 0 radical (unpaired) electrons. The number of allylic oxidation sites excluding steroid dienone is 2. The van der Waals surface area contributed by atoms with Crippen molar-refractivity contribution in [3.8, 4) is 6.07 Å². The minimum Gasteiger partial charge on any atom is -0.261 e. The number of rotatable bonds is 1. The van der Waals surface area contributed by atoms with Crippen molar-refractivity contribution in [2.45, 2.75) is 26.7 Å². The molecule has 1 aromatic rings. The van der Waals surface area contributed by atoms with Gasteiger partial charge in [-0.15, -0.1) is 0 Å². The fraction of sp³-hybridized carbons (Fsp3) is 0.333. The summed E-state index contributed by atoms with van der Waals surface area (Å²) in [7, 11) is 0. The van der Waals surface area contributed by atoms with Crippen LogP contribution in [0.5, 0.6) is 0 Å². The Kier molecular flexibility index (Phi) is 3.29. The molecule has 2 unspecified atom stereocenters. The number of aliphatic imine (C=N–C) groups is 1. The molecular weight excluding hydrogens is 227 g/mol. The van der Waals surface area contributed by atoms with E-state index in [0.717, 1.165) is 17.0 Å². The molecule has 0 bridgehead atoms. The lowest BCUT2D eigenvalue weighted by atomic mass is 9.77. The van der Waals surface area contributed by atoms with Gasteiger partial charge in [0.25, 0.3) is 0 Å². The fourth-order valence-corrected chi connectivity index (χ4v) is 2.42. The van der Waals surface area contributed by atoms with Gasteiger partial charge in [-0.3, -0.25) is 4.99 Å². The van der Waals surface area contributed by atoms with Crippen LogP contribution in [0.2, 0.25) is 0 Å². The molecule has 0 saturated heterocycles. The Morgan fingerprint density at radius 2 is 1.83 bits per heavy atom. The second kappa shape index (κ2) is 4.73. The lowest BCUT2D eigenvalue weighted by Gasteiger charge is -2.28. The van der Waals surface area contributed by atoms with Crippen LogP contribution in [0, 0.1) is 23.1 Å². The summed E-state index contributed by atoms with van der Waals surface area (Å²) in [5.41, 5.74) is 3.43. The van der Waals surface area contributed by atoms with E-state index in [9.17, 15) is 9.65 Å². The quantitative estimate of drug-likeness (QED) is 0.737. The van der Waals surface area contributed by atoms with Crippen LogP contribution >= 0.6 is 0 Å². The molecule has 0 spiro atoms. The normalized spacial score (nSPS) is 23.6. The molecule has 0 amide bonds. The maximum atomic E-state index is 13.0. The maximum Gasteiger partial charge on any atom is 0.123 e. The Hall–Kier alpha value is -1.95. The Bertz CT molecular complexity index is 561. The van der Waals surface area contributed by atoms with Crippen LogP contribution in [-0.4, -0.2) is 5.71 Å². The Morgan fingerprint density at radius 1 is 1.22 bits per heavy atom. The lowest BCUT2D eigenvalue weighted by Crippen LogP contribution is -2.23. The van der Waals surface area contributed by atoms with Crippen molar-refractivity contribution in [3.05, 3.63) is 46.9 Å². The van der Waals surface area contributed by atoms with Crippen molar-refractivity contribution in [2.75, 3.05) is 0 Å². The van der Waals surface area contributed by atoms with E-state index in [1.54, 1.807) is 12.1 Å².